The number of aliphatic hydroxyl groups excluding tert-OH is 1. The van der Waals surface area contributed by atoms with E-state index in [1.807, 2.05) is 0 Å². The number of carboxylic acid groups (broad SMARTS) is 2. The second-order valence-corrected chi connectivity index (χ2v) is 3.94. The van der Waals surface area contributed by atoms with Crippen molar-refractivity contribution in [3.63, 3.8) is 0 Å². The van der Waals surface area contributed by atoms with Gasteiger partial charge in [-0.2, -0.15) is 0 Å². The lowest BCUT2D eigenvalue weighted by Gasteiger charge is -2.40. The Morgan fingerprint density at radius 1 is 1.40 bits per heavy atom. The molecule has 1 fully saturated rings. The lowest BCUT2D eigenvalue weighted by molar-refractivity contribution is -0.160. The van der Waals surface area contributed by atoms with Gasteiger partial charge < -0.3 is 20.2 Å². The molecule has 0 bridgehead atoms. The first-order chi connectivity index (χ1) is 6.90. The van der Waals surface area contributed by atoms with Crippen LogP contribution in [0.4, 0.5) is 4.79 Å². The summed E-state index contributed by atoms with van der Waals surface area (Å²) in [5, 5.41) is 27.4. The van der Waals surface area contributed by atoms with E-state index in [2.05, 4.69) is 0 Å². The molecule has 0 aromatic rings. The summed E-state index contributed by atoms with van der Waals surface area (Å²) in [6.45, 7) is 1.58. The third-order valence-corrected chi connectivity index (χ3v) is 3.02. The second kappa shape index (κ2) is 4.06. The predicted octanol–water partition coefficient (Wildman–Crippen LogP) is 0.212. The fourth-order valence-electron chi connectivity index (χ4n) is 1.94. The van der Waals surface area contributed by atoms with Crippen molar-refractivity contribution in [1.82, 2.24) is 4.90 Å². The Balaban J connectivity index is 2.90. The van der Waals surface area contributed by atoms with Gasteiger partial charge in [-0.15, -0.1) is 0 Å². The van der Waals surface area contributed by atoms with Crippen molar-refractivity contribution in [3.8, 4) is 0 Å². The highest BCUT2D eigenvalue weighted by molar-refractivity contribution is 5.77. The highest BCUT2D eigenvalue weighted by Gasteiger charge is 2.47. The van der Waals surface area contributed by atoms with Crippen molar-refractivity contribution < 1.29 is 24.9 Å². The molecule has 0 aliphatic carbocycles. The fraction of sp³-hybridized carbons (Fsp3) is 0.778. The van der Waals surface area contributed by atoms with Crippen LogP contribution in [0.5, 0.6) is 0 Å². The molecule has 1 amide bonds. The molecule has 1 heterocycles. The highest BCUT2D eigenvalue weighted by Crippen LogP contribution is 2.33. The molecule has 15 heavy (non-hydrogen) atoms. The van der Waals surface area contributed by atoms with Gasteiger partial charge in [-0.25, -0.2) is 4.79 Å². The molecule has 0 aromatic heterocycles. The van der Waals surface area contributed by atoms with Gasteiger partial charge in [-0.3, -0.25) is 4.79 Å². The number of carbonyl (C=O) groups is 2. The SMILES string of the molecule is CC(O)C1(C(=O)O)CCCN(C(=O)O)C1. The van der Waals surface area contributed by atoms with E-state index in [0.717, 1.165) is 4.90 Å². The van der Waals surface area contributed by atoms with Crippen LogP contribution in [0.25, 0.3) is 0 Å². The van der Waals surface area contributed by atoms with Crippen molar-refractivity contribution in [1.29, 1.82) is 0 Å². The van der Waals surface area contributed by atoms with Crippen molar-refractivity contribution in [2.45, 2.75) is 25.9 Å². The van der Waals surface area contributed by atoms with E-state index < -0.39 is 23.6 Å². The molecule has 1 aliphatic rings. The molecule has 0 radical (unpaired) electrons. The van der Waals surface area contributed by atoms with Crippen LogP contribution in [0.1, 0.15) is 19.8 Å². The van der Waals surface area contributed by atoms with Gasteiger partial charge in [-0.05, 0) is 19.8 Å². The van der Waals surface area contributed by atoms with Crippen molar-refractivity contribution in [3.05, 3.63) is 0 Å². The average molecular weight is 217 g/mol. The molecule has 6 nitrogen and oxygen atoms in total. The molecule has 3 N–H and O–H groups in total. The van der Waals surface area contributed by atoms with E-state index >= 15 is 0 Å². The van der Waals surface area contributed by atoms with Crippen LogP contribution in [0.2, 0.25) is 0 Å². The maximum atomic E-state index is 11.1. The lowest BCUT2D eigenvalue weighted by Crippen LogP contribution is -2.54. The predicted molar refractivity (Wildman–Crippen MR) is 50.6 cm³/mol. The largest absolute Gasteiger partial charge is 0.481 e. The first-order valence-corrected chi connectivity index (χ1v) is 4.79. The Morgan fingerprint density at radius 2 is 2.00 bits per heavy atom. The zero-order chi connectivity index (χ0) is 11.6. The molecule has 6 heteroatoms. The van der Waals surface area contributed by atoms with Crippen LogP contribution in [-0.4, -0.2) is 51.5 Å². The number of likely N-dealkylation sites (tertiary alicyclic amines) is 1. The van der Waals surface area contributed by atoms with E-state index in [9.17, 15) is 14.7 Å². The quantitative estimate of drug-likeness (QED) is 0.614. The first-order valence-electron chi connectivity index (χ1n) is 4.79. The maximum Gasteiger partial charge on any atom is 0.407 e. The summed E-state index contributed by atoms with van der Waals surface area (Å²) < 4.78 is 0. The van der Waals surface area contributed by atoms with E-state index in [1.165, 1.54) is 6.92 Å². The van der Waals surface area contributed by atoms with E-state index in [4.69, 9.17) is 10.2 Å². The molecule has 0 saturated carbocycles. The minimum atomic E-state index is -1.35. The standard InChI is InChI=1S/C9H15NO5/c1-6(11)9(7(12)13)3-2-4-10(5-9)8(14)15/h6,11H,2-5H2,1H3,(H,12,13)(H,14,15). The molecule has 86 valence electrons. The number of nitrogens with zero attached hydrogens (tertiary/aromatic N) is 1. The molecular formula is C9H15NO5. The van der Waals surface area contributed by atoms with Crippen LogP contribution in [0.3, 0.4) is 0 Å². The maximum absolute atomic E-state index is 11.1. The average Bonchev–Trinajstić information content (AvgIpc) is 2.17. The van der Waals surface area contributed by atoms with Gasteiger partial charge in [0.1, 0.15) is 5.41 Å². The third kappa shape index (κ3) is 2.04. The monoisotopic (exact) mass is 217 g/mol. The van der Waals surface area contributed by atoms with E-state index in [1.54, 1.807) is 0 Å². The summed E-state index contributed by atoms with van der Waals surface area (Å²) in [5.74, 6) is -1.14. The number of aliphatic hydroxyl groups is 1. The number of hydrogen-bond donors (Lipinski definition) is 3. The van der Waals surface area contributed by atoms with Gasteiger partial charge in [0.2, 0.25) is 0 Å². The van der Waals surface area contributed by atoms with Gasteiger partial charge in [0.05, 0.1) is 6.10 Å². The van der Waals surface area contributed by atoms with Gasteiger partial charge in [-0.1, -0.05) is 0 Å². The highest BCUT2D eigenvalue weighted by atomic mass is 16.4. The number of rotatable bonds is 2. The summed E-state index contributed by atoms with van der Waals surface area (Å²) in [4.78, 5) is 22.9. The van der Waals surface area contributed by atoms with Crippen molar-refractivity contribution >= 4 is 12.1 Å². The van der Waals surface area contributed by atoms with Crippen LogP contribution in [0, 0.1) is 5.41 Å². The van der Waals surface area contributed by atoms with Gasteiger partial charge in [0.15, 0.2) is 0 Å². The normalized spacial score (nSPS) is 28.5. The Morgan fingerprint density at radius 3 is 2.40 bits per heavy atom. The molecule has 2 unspecified atom stereocenters. The lowest BCUT2D eigenvalue weighted by atomic mass is 9.76. The summed E-state index contributed by atoms with van der Waals surface area (Å²) >= 11 is 0. The number of amides is 1. The second-order valence-electron chi connectivity index (χ2n) is 3.94. The molecular weight excluding hydrogens is 202 g/mol. The smallest absolute Gasteiger partial charge is 0.407 e. The topological polar surface area (TPSA) is 98.1 Å². The molecule has 1 rings (SSSR count). The Bertz CT molecular complexity index is 278. The van der Waals surface area contributed by atoms with Crippen LogP contribution in [0.15, 0.2) is 0 Å². The molecule has 0 spiro atoms. The summed E-state index contributed by atoms with van der Waals surface area (Å²) in [6.07, 6.45) is -1.43. The molecule has 1 saturated heterocycles. The zero-order valence-electron chi connectivity index (χ0n) is 8.51. The van der Waals surface area contributed by atoms with Crippen molar-refractivity contribution in [2.75, 3.05) is 13.1 Å². The Kier molecular flexibility index (Phi) is 3.18. The van der Waals surface area contributed by atoms with Gasteiger partial charge >= 0.3 is 12.1 Å². The summed E-state index contributed by atoms with van der Waals surface area (Å²) in [5.41, 5.74) is -1.35. The van der Waals surface area contributed by atoms with E-state index in [0.29, 0.717) is 19.4 Å². The molecule has 0 aromatic carbocycles. The molecule has 2 atom stereocenters. The Hall–Kier alpha value is -1.30. The van der Waals surface area contributed by atoms with Crippen LogP contribution >= 0.6 is 0 Å². The fourth-order valence-corrected chi connectivity index (χ4v) is 1.94. The van der Waals surface area contributed by atoms with Crippen LogP contribution < -0.4 is 0 Å². The zero-order valence-corrected chi connectivity index (χ0v) is 8.51. The number of aliphatic carboxylic acids is 1. The summed E-state index contributed by atoms with van der Waals surface area (Å²) in [7, 11) is 0. The summed E-state index contributed by atoms with van der Waals surface area (Å²) in [6, 6.07) is 0. The minimum Gasteiger partial charge on any atom is -0.481 e. The number of carboxylic acids is 1. The van der Waals surface area contributed by atoms with Crippen LogP contribution in [-0.2, 0) is 4.79 Å². The molecule has 1 aliphatic heterocycles. The minimum absolute atomic E-state index is 0.144. The Labute approximate surface area is 87.1 Å². The van der Waals surface area contributed by atoms with Crippen molar-refractivity contribution in [2.24, 2.45) is 5.41 Å². The van der Waals surface area contributed by atoms with Gasteiger partial charge in [0, 0.05) is 13.1 Å². The third-order valence-electron chi connectivity index (χ3n) is 3.02. The number of hydrogen-bond acceptors (Lipinski definition) is 3. The number of piperidine rings is 1. The first kappa shape index (κ1) is 11.8. The van der Waals surface area contributed by atoms with Gasteiger partial charge in [0.25, 0.3) is 0 Å². The van der Waals surface area contributed by atoms with E-state index in [-0.39, 0.29) is 6.54 Å².